The minimum atomic E-state index is -3.90. The standard InChI is InChI=1S/C15H13FN2O2S2/c16-13-3-1-5-15(12(13)9-17)22(19,20)18-7-2-4-14(18)11-6-8-21-10-11/h1,3,5-6,8,10,14H,2,4,7H2/t14-/m0/s1. The second kappa shape index (κ2) is 5.80. The molecule has 0 spiro atoms. The predicted molar refractivity (Wildman–Crippen MR) is 81.3 cm³/mol. The SMILES string of the molecule is N#Cc1c(F)cccc1S(=O)(=O)N1CCC[C@H]1c1ccsc1. The van der Waals surface area contributed by atoms with Gasteiger partial charge < -0.3 is 0 Å². The highest BCUT2D eigenvalue weighted by Crippen LogP contribution is 2.38. The van der Waals surface area contributed by atoms with Gasteiger partial charge in [-0.3, -0.25) is 0 Å². The summed E-state index contributed by atoms with van der Waals surface area (Å²) in [5, 5.41) is 12.9. The van der Waals surface area contributed by atoms with Crippen LogP contribution in [-0.4, -0.2) is 19.3 Å². The molecule has 1 fully saturated rings. The van der Waals surface area contributed by atoms with Gasteiger partial charge in [0.25, 0.3) is 0 Å². The van der Waals surface area contributed by atoms with Gasteiger partial charge in [-0.25, -0.2) is 12.8 Å². The van der Waals surface area contributed by atoms with Gasteiger partial charge in [-0.2, -0.15) is 20.9 Å². The van der Waals surface area contributed by atoms with Crippen molar-refractivity contribution in [2.45, 2.75) is 23.8 Å². The maximum absolute atomic E-state index is 13.7. The molecule has 0 radical (unpaired) electrons. The lowest BCUT2D eigenvalue weighted by atomic mass is 10.1. The Bertz CT molecular complexity index is 826. The molecule has 1 aliphatic rings. The third kappa shape index (κ3) is 2.43. The molecule has 7 heteroatoms. The summed E-state index contributed by atoms with van der Waals surface area (Å²) in [7, 11) is -3.90. The number of rotatable bonds is 3. The molecule has 0 unspecified atom stereocenters. The number of hydrogen-bond donors (Lipinski definition) is 0. The number of benzene rings is 1. The molecule has 1 aliphatic heterocycles. The van der Waals surface area contributed by atoms with Crippen LogP contribution in [0.5, 0.6) is 0 Å². The van der Waals surface area contributed by atoms with Crippen LogP contribution in [0.3, 0.4) is 0 Å². The van der Waals surface area contributed by atoms with Crippen LogP contribution < -0.4 is 0 Å². The van der Waals surface area contributed by atoms with E-state index in [0.29, 0.717) is 6.54 Å². The number of nitriles is 1. The molecule has 0 N–H and O–H groups in total. The van der Waals surface area contributed by atoms with Crippen LogP contribution in [0.4, 0.5) is 4.39 Å². The lowest BCUT2D eigenvalue weighted by Crippen LogP contribution is -2.31. The van der Waals surface area contributed by atoms with Crippen molar-refractivity contribution in [3.05, 3.63) is 52.0 Å². The van der Waals surface area contributed by atoms with Crippen LogP contribution >= 0.6 is 11.3 Å². The summed E-state index contributed by atoms with van der Waals surface area (Å²) in [6, 6.07) is 7.03. The number of halogens is 1. The van der Waals surface area contributed by atoms with Crippen LogP contribution in [0.15, 0.2) is 39.9 Å². The Labute approximate surface area is 132 Å². The molecule has 0 bridgehead atoms. The summed E-state index contributed by atoms with van der Waals surface area (Å²) in [6.45, 7) is 0.379. The highest BCUT2D eigenvalue weighted by atomic mass is 32.2. The summed E-state index contributed by atoms with van der Waals surface area (Å²) in [4.78, 5) is -0.253. The van der Waals surface area contributed by atoms with Crippen LogP contribution in [-0.2, 0) is 10.0 Å². The summed E-state index contributed by atoms with van der Waals surface area (Å²) < 4.78 is 40.9. The van der Waals surface area contributed by atoms with E-state index in [4.69, 9.17) is 5.26 Å². The summed E-state index contributed by atoms with van der Waals surface area (Å²) in [6.07, 6.45) is 1.48. The average molecular weight is 336 g/mol. The zero-order valence-corrected chi connectivity index (χ0v) is 13.2. The van der Waals surface area contributed by atoms with Gasteiger partial charge in [-0.1, -0.05) is 6.07 Å². The summed E-state index contributed by atoms with van der Waals surface area (Å²) in [5.41, 5.74) is 0.527. The van der Waals surface area contributed by atoms with E-state index in [1.54, 1.807) is 6.07 Å². The van der Waals surface area contributed by atoms with Gasteiger partial charge in [-0.05, 0) is 47.4 Å². The van der Waals surface area contributed by atoms with E-state index >= 15 is 0 Å². The summed E-state index contributed by atoms with van der Waals surface area (Å²) in [5.74, 6) is -0.810. The molecule has 1 aromatic heterocycles. The molecular weight excluding hydrogens is 323 g/mol. The van der Waals surface area contributed by atoms with E-state index in [-0.39, 0.29) is 10.9 Å². The smallest absolute Gasteiger partial charge is 0.207 e. The van der Waals surface area contributed by atoms with Gasteiger partial charge in [-0.15, -0.1) is 0 Å². The predicted octanol–water partition coefficient (Wildman–Crippen LogP) is 3.28. The first kappa shape index (κ1) is 15.2. The largest absolute Gasteiger partial charge is 0.245 e. The normalized spacial score (nSPS) is 19.2. The van der Waals surface area contributed by atoms with Crippen molar-refractivity contribution in [3.8, 4) is 6.07 Å². The van der Waals surface area contributed by atoms with Crippen LogP contribution in [0, 0.1) is 17.1 Å². The maximum atomic E-state index is 13.7. The number of thiophene rings is 1. The Morgan fingerprint density at radius 2 is 2.18 bits per heavy atom. The van der Waals surface area contributed by atoms with Crippen LogP contribution in [0.25, 0.3) is 0 Å². The topological polar surface area (TPSA) is 61.2 Å². The Hall–Kier alpha value is -1.75. The van der Waals surface area contributed by atoms with Crippen molar-refractivity contribution in [2.24, 2.45) is 0 Å². The maximum Gasteiger partial charge on any atom is 0.245 e. The molecule has 1 aromatic carbocycles. The molecule has 0 amide bonds. The van der Waals surface area contributed by atoms with E-state index in [2.05, 4.69) is 0 Å². The molecule has 2 heterocycles. The minimum Gasteiger partial charge on any atom is -0.207 e. The van der Waals surface area contributed by atoms with Crippen molar-refractivity contribution in [1.82, 2.24) is 4.31 Å². The molecule has 22 heavy (non-hydrogen) atoms. The number of sulfonamides is 1. The Morgan fingerprint density at radius 1 is 1.36 bits per heavy atom. The number of hydrogen-bond acceptors (Lipinski definition) is 4. The zero-order chi connectivity index (χ0) is 15.7. The molecule has 114 valence electrons. The van der Waals surface area contributed by atoms with Gasteiger partial charge in [0.05, 0.1) is 6.04 Å². The minimum absolute atomic E-state index is 0.244. The Morgan fingerprint density at radius 3 is 2.86 bits per heavy atom. The van der Waals surface area contributed by atoms with Gasteiger partial charge in [0, 0.05) is 6.54 Å². The van der Waals surface area contributed by atoms with E-state index in [1.807, 2.05) is 16.8 Å². The van der Waals surface area contributed by atoms with Crippen molar-refractivity contribution in [1.29, 1.82) is 5.26 Å². The van der Waals surface area contributed by atoms with Gasteiger partial charge in [0.2, 0.25) is 10.0 Å². The molecule has 3 rings (SSSR count). The molecule has 0 aliphatic carbocycles. The summed E-state index contributed by atoms with van der Waals surface area (Å²) >= 11 is 1.51. The second-order valence-corrected chi connectivity index (χ2v) is 7.69. The third-order valence-corrected chi connectivity index (χ3v) is 6.46. The van der Waals surface area contributed by atoms with Crippen molar-refractivity contribution in [3.63, 3.8) is 0 Å². The highest BCUT2D eigenvalue weighted by Gasteiger charge is 2.37. The van der Waals surface area contributed by atoms with Crippen molar-refractivity contribution >= 4 is 21.4 Å². The first-order chi connectivity index (χ1) is 10.6. The molecule has 2 aromatic rings. The third-order valence-electron chi connectivity index (χ3n) is 3.81. The quantitative estimate of drug-likeness (QED) is 0.864. The van der Waals surface area contributed by atoms with E-state index in [9.17, 15) is 12.8 Å². The lowest BCUT2D eigenvalue weighted by Gasteiger charge is -2.24. The molecular formula is C15H13FN2O2S2. The van der Waals surface area contributed by atoms with Crippen LogP contribution in [0.2, 0.25) is 0 Å². The van der Waals surface area contributed by atoms with Gasteiger partial charge in [0.1, 0.15) is 22.3 Å². The molecule has 1 saturated heterocycles. The fraction of sp³-hybridized carbons (Fsp3) is 0.267. The average Bonchev–Trinajstić information content (AvgIpc) is 3.17. The van der Waals surface area contributed by atoms with Crippen molar-refractivity contribution < 1.29 is 12.8 Å². The zero-order valence-electron chi connectivity index (χ0n) is 11.6. The molecule has 0 saturated carbocycles. The molecule has 1 atom stereocenters. The van der Waals surface area contributed by atoms with Gasteiger partial charge >= 0.3 is 0 Å². The lowest BCUT2D eigenvalue weighted by molar-refractivity contribution is 0.397. The first-order valence-corrected chi connectivity index (χ1v) is 9.16. The Kier molecular flexibility index (Phi) is 4.00. The fourth-order valence-corrected chi connectivity index (χ4v) is 5.32. The highest BCUT2D eigenvalue weighted by molar-refractivity contribution is 7.89. The molecule has 4 nitrogen and oxygen atoms in total. The van der Waals surface area contributed by atoms with Crippen LogP contribution in [0.1, 0.15) is 30.0 Å². The first-order valence-electron chi connectivity index (χ1n) is 6.78. The fourth-order valence-electron chi connectivity index (χ4n) is 2.78. The van der Waals surface area contributed by atoms with E-state index in [0.717, 1.165) is 24.5 Å². The second-order valence-electron chi connectivity index (χ2n) is 5.06. The Balaban J connectivity index is 2.07. The van der Waals surface area contributed by atoms with Crippen molar-refractivity contribution in [2.75, 3.05) is 6.54 Å². The monoisotopic (exact) mass is 336 g/mol. The van der Waals surface area contributed by atoms with E-state index in [1.165, 1.54) is 27.8 Å². The number of nitrogens with zero attached hydrogens (tertiary/aromatic N) is 2. The van der Waals surface area contributed by atoms with Gasteiger partial charge in [0.15, 0.2) is 0 Å². The van der Waals surface area contributed by atoms with E-state index < -0.39 is 21.4 Å².